The van der Waals surface area contributed by atoms with E-state index in [4.69, 9.17) is 0 Å². The van der Waals surface area contributed by atoms with Crippen LogP contribution in [0.2, 0.25) is 0 Å². The Hall–Kier alpha value is -0.610. The van der Waals surface area contributed by atoms with Crippen molar-refractivity contribution in [3.8, 4) is 0 Å². The van der Waals surface area contributed by atoms with Crippen molar-refractivity contribution in [1.29, 1.82) is 0 Å². The number of likely N-dealkylation sites (N-methyl/N-ethyl adjacent to an activating group) is 1. The fraction of sp³-hybridized carbons (Fsp3) is 0.909. The number of amides is 1. The van der Waals surface area contributed by atoms with Gasteiger partial charge in [-0.05, 0) is 40.0 Å². The van der Waals surface area contributed by atoms with Crippen LogP contribution in [-0.4, -0.2) is 62.0 Å². The van der Waals surface area contributed by atoms with Gasteiger partial charge in [-0.15, -0.1) is 0 Å². The van der Waals surface area contributed by atoms with E-state index in [0.29, 0.717) is 11.9 Å². The highest BCUT2D eigenvalue weighted by atomic mass is 16.2. The predicted octanol–water partition coefficient (Wildman–Crippen LogP) is -0.242. The van der Waals surface area contributed by atoms with Crippen LogP contribution >= 0.6 is 0 Å². The van der Waals surface area contributed by atoms with Crippen molar-refractivity contribution in [2.24, 2.45) is 5.92 Å². The van der Waals surface area contributed by atoms with E-state index in [1.54, 1.807) is 0 Å². The molecule has 0 aromatic carbocycles. The average molecular weight is 211 g/mol. The molecule has 4 nitrogen and oxygen atoms in total. The van der Waals surface area contributed by atoms with Crippen molar-refractivity contribution >= 4 is 5.91 Å². The third-order valence-electron chi connectivity index (χ3n) is 3.59. The molecule has 0 aromatic heterocycles. The molecule has 1 N–H and O–H groups in total. The second-order valence-corrected chi connectivity index (χ2v) is 4.88. The monoisotopic (exact) mass is 211 g/mol. The van der Waals surface area contributed by atoms with Gasteiger partial charge >= 0.3 is 0 Å². The molecule has 1 amide bonds. The number of nitrogens with one attached hydrogen (secondary N) is 1. The lowest BCUT2D eigenvalue weighted by molar-refractivity contribution is -0.143. The van der Waals surface area contributed by atoms with E-state index in [9.17, 15) is 4.79 Å². The van der Waals surface area contributed by atoms with Gasteiger partial charge in [-0.2, -0.15) is 0 Å². The molecule has 0 bridgehead atoms. The van der Waals surface area contributed by atoms with E-state index in [1.165, 1.54) is 0 Å². The van der Waals surface area contributed by atoms with Crippen LogP contribution in [0.5, 0.6) is 0 Å². The molecule has 0 unspecified atom stereocenters. The number of hydrogen-bond donors (Lipinski definition) is 1. The number of hydrogen-bond acceptors (Lipinski definition) is 3. The van der Waals surface area contributed by atoms with Gasteiger partial charge in [-0.3, -0.25) is 4.79 Å². The summed E-state index contributed by atoms with van der Waals surface area (Å²) >= 11 is 0. The third-order valence-corrected chi connectivity index (χ3v) is 3.59. The molecule has 0 saturated carbocycles. The minimum Gasteiger partial charge on any atom is -0.339 e. The molecule has 2 aliphatic heterocycles. The first-order chi connectivity index (χ1) is 7.18. The molecular weight excluding hydrogens is 190 g/mol. The molecule has 0 aliphatic carbocycles. The summed E-state index contributed by atoms with van der Waals surface area (Å²) in [5.74, 6) is 0.670. The maximum Gasteiger partial charge on any atom is 0.225 e. The SMILES string of the molecule is CN(C)C1CN(C(=O)C2CCNCC2)C1. The lowest BCUT2D eigenvalue weighted by Crippen LogP contribution is -2.60. The zero-order valence-electron chi connectivity index (χ0n) is 9.70. The second kappa shape index (κ2) is 4.49. The summed E-state index contributed by atoms with van der Waals surface area (Å²) in [7, 11) is 4.16. The highest BCUT2D eigenvalue weighted by molar-refractivity contribution is 5.79. The van der Waals surface area contributed by atoms with Crippen LogP contribution in [0.3, 0.4) is 0 Å². The molecule has 15 heavy (non-hydrogen) atoms. The molecule has 0 radical (unpaired) electrons. The largest absolute Gasteiger partial charge is 0.339 e. The second-order valence-electron chi connectivity index (χ2n) is 4.88. The Morgan fingerprint density at radius 1 is 1.27 bits per heavy atom. The van der Waals surface area contributed by atoms with Gasteiger partial charge < -0.3 is 15.1 Å². The molecule has 2 rings (SSSR count). The van der Waals surface area contributed by atoms with Crippen molar-refractivity contribution in [3.05, 3.63) is 0 Å². The summed E-state index contributed by atoms with van der Waals surface area (Å²) in [5, 5.41) is 3.29. The quantitative estimate of drug-likeness (QED) is 0.684. The Bertz CT molecular complexity index is 230. The standard InChI is InChI=1S/C11H21N3O/c1-13(2)10-7-14(8-10)11(15)9-3-5-12-6-4-9/h9-10,12H,3-8H2,1-2H3. The van der Waals surface area contributed by atoms with Crippen LogP contribution in [0, 0.1) is 5.92 Å². The third kappa shape index (κ3) is 2.32. The molecule has 2 saturated heterocycles. The van der Waals surface area contributed by atoms with Crippen molar-refractivity contribution < 1.29 is 4.79 Å². The maximum absolute atomic E-state index is 12.0. The van der Waals surface area contributed by atoms with E-state index in [-0.39, 0.29) is 5.92 Å². The number of carbonyl (C=O) groups excluding carboxylic acids is 1. The first kappa shape index (κ1) is 10.9. The first-order valence-corrected chi connectivity index (χ1v) is 5.84. The van der Waals surface area contributed by atoms with Gasteiger partial charge in [0.05, 0.1) is 0 Å². The molecule has 2 aliphatic rings. The minimum atomic E-state index is 0.286. The number of rotatable bonds is 2. The fourth-order valence-corrected chi connectivity index (χ4v) is 2.29. The Morgan fingerprint density at radius 3 is 2.40 bits per heavy atom. The van der Waals surface area contributed by atoms with Crippen molar-refractivity contribution in [2.45, 2.75) is 18.9 Å². The zero-order chi connectivity index (χ0) is 10.8. The average Bonchev–Trinajstić information content (AvgIpc) is 2.16. The molecular formula is C11H21N3O. The molecule has 0 spiro atoms. The summed E-state index contributed by atoms with van der Waals surface area (Å²) in [6.07, 6.45) is 2.03. The van der Waals surface area contributed by atoms with E-state index in [1.807, 2.05) is 4.90 Å². The summed E-state index contributed by atoms with van der Waals surface area (Å²) in [6.45, 7) is 3.86. The lowest BCUT2D eigenvalue weighted by atomic mass is 9.94. The van der Waals surface area contributed by atoms with Crippen molar-refractivity contribution in [3.63, 3.8) is 0 Å². The van der Waals surface area contributed by atoms with E-state index < -0.39 is 0 Å². The van der Waals surface area contributed by atoms with E-state index >= 15 is 0 Å². The summed E-state index contributed by atoms with van der Waals surface area (Å²) in [6, 6.07) is 0.579. The topological polar surface area (TPSA) is 35.6 Å². The number of carbonyl (C=O) groups is 1. The van der Waals surface area contributed by atoms with Crippen LogP contribution in [-0.2, 0) is 4.79 Å². The van der Waals surface area contributed by atoms with Gasteiger partial charge in [-0.25, -0.2) is 0 Å². The van der Waals surface area contributed by atoms with Crippen LogP contribution in [0.1, 0.15) is 12.8 Å². The summed E-state index contributed by atoms with van der Waals surface area (Å²) < 4.78 is 0. The molecule has 86 valence electrons. The van der Waals surface area contributed by atoms with Gasteiger partial charge in [0.15, 0.2) is 0 Å². The fourth-order valence-electron chi connectivity index (χ4n) is 2.29. The number of piperidine rings is 1. The number of nitrogens with zero attached hydrogens (tertiary/aromatic N) is 2. The van der Waals surface area contributed by atoms with Crippen LogP contribution < -0.4 is 5.32 Å². The smallest absolute Gasteiger partial charge is 0.225 e. The van der Waals surface area contributed by atoms with Crippen molar-refractivity contribution in [1.82, 2.24) is 15.1 Å². The van der Waals surface area contributed by atoms with Gasteiger partial charge in [-0.1, -0.05) is 0 Å². The van der Waals surface area contributed by atoms with E-state index in [2.05, 4.69) is 24.3 Å². The summed E-state index contributed by atoms with van der Waals surface area (Å²) in [4.78, 5) is 16.2. The van der Waals surface area contributed by atoms with E-state index in [0.717, 1.165) is 39.0 Å². The van der Waals surface area contributed by atoms with Gasteiger partial charge in [0.2, 0.25) is 5.91 Å². The zero-order valence-corrected chi connectivity index (χ0v) is 9.70. The molecule has 0 atom stereocenters. The molecule has 0 aromatic rings. The lowest BCUT2D eigenvalue weighted by Gasteiger charge is -2.44. The van der Waals surface area contributed by atoms with Crippen LogP contribution in [0.15, 0.2) is 0 Å². The van der Waals surface area contributed by atoms with Crippen molar-refractivity contribution in [2.75, 3.05) is 40.3 Å². The van der Waals surface area contributed by atoms with Gasteiger partial charge in [0.25, 0.3) is 0 Å². The number of likely N-dealkylation sites (tertiary alicyclic amines) is 1. The predicted molar refractivity (Wildman–Crippen MR) is 59.6 cm³/mol. The summed E-state index contributed by atoms with van der Waals surface area (Å²) in [5.41, 5.74) is 0. The van der Waals surface area contributed by atoms with Crippen LogP contribution in [0.25, 0.3) is 0 Å². The Labute approximate surface area is 91.6 Å². The first-order valence-electron chi connectivity index (χ1n) is 5.84. The van der Waals surface area contributed by atoms with Gasteiger partial charge in [0, 0.05) is 25.0 Å². The highest BCUT2D eigenvalue weighted by Gasteiger charge is 2.35. The Morgan fingerprint density at radius 2 is 1.87 bits per heavy atom. The maximum atomic E-state index is 12.0. The van der Waals surface area contributed by atoms with Gasteiger partial charge in [0.1, 0.15) is 0 Å². The Kier molecular flexibility index (Phi) is 3.26. The highest BCUT2D eigenvalue weighted by Crippen LogP contribution is 2.20. The van der Waals surface area contributed by atoms with Crippen LogP contribution in [0.4, 0.5) is 0 Å². The minimum absolute atomic E-state index is 0.286. The Balaban J connectivity index is 1.78. The molecule has 2 fully saturated rings. The molecule has 4 heteroatoms. The molecule has 2 heterocycles. The normalized spacial score (nSPS) is 24.3.